The average molecular weight is 262 g/mol. The summed E-state index contributed by atoms with van der Waals surface area (Å²) in [5.41, 5.74) is 2.03. The van der Waals surface area contributed by atoms with Gasteiger partial charge in [-0.1, -0.05) is 42.5 Å². The zero-order valence-electron chi connectivity index (χ0n) is 10.9. The zero-order valence-corrected chi connectivity index (χ0v) is 10.9. The quantitative estimate of drug-likeness (QED) is 0.731. The van der Waals surface area contributed by atoms with Crippen LogP contribution in [-0.2, 0) is 0 Å². The predicted octanol–water partition coefficient (Wildman–Crippen LogP) is 4.85. The van der Waals surface area contributed by atoms with E-state index < -0.39 is 0 Å². The van der Waals surface area contributed by atoms with Crippen LogP contribution in [0.4, 0.5) is 0 Å². The summed E-state index contributed by atoms with van der Waals surface area (Å²) in [6.07, 6.45) is 0. The summed E-state index contributed by atoms with van der Waals surface area (Å²) in [7, 11) is 0. The highest BCUT2D eigenvalue weighted by atomic mass is 16.5. The van der Waals surface area contributed by atoms with Crippen molar-refractivity contribution in [1.82, 2.24) is 0 Å². The highest BCUT2D eigenvalue weighted by molar-refractivity contribution is 5.65. The molecule has 1 N–H and O–H groups in total. The normalized spacial score (nSPS) is 10.2. The van der Waals surface area contributed by atoms with Crippen molar-refractivity contribution < 1.29 is 9.84 Å². The fourth-order valence-corrected chi connectivity index (χ4v) is 2.03. The van der Waals surface area contributed by atoms with Crippen LogP contribution < -0.4 is 4.74 Å². The Kier molecular flexibility index (Phi) is 3.38. The summed E-state index contributed by atoms with van der Waals surface area (Å²) >= 11 is 0. The lowest BCUT2D eigenvalue weighted by Crippen LogP contribution is -1.84. The van der Waals surface area contributed by atoms with Gasteiger partial charge < -0.3 is 9.84 Å². The third-order valence-electron chi connectivity index (χ3n) is 3.01. The topological polar surface area (TPSA) is 29.5 Å². The molecule has 3 aromatic carbocycles. The van der Waals surface area contributed by atoms with Crippen LogP contribution in [0.15, 0.2) is 78.9 Å². The van der Waals surface area contributed by atoms with Crippen molar-refractivity contribution in [3.63, 3.8) is 0 Å². The van der Waals surface area contributed by atoms with Crippen molar-refractivity contribution in [3.8, 4) is 28.4 Å². The lowest BCUT2D eigenvalue weighted by Gasteiger charge is -2.07. The SMILES string of the molecule is Oc1cccc(-c2ccc(Oc3ccccc3)cc2)c1. The molecule has 0 atom stereocenters. The summed E-state index contributed by atoms with van der Waals surface area (Å²) in [5.74, 6) is 1.88. The van der Waals surface area contributed by atoms with Crippen LogP contribution in [0.25, 0.3) is 11.1 Å². The van der Waals surface area contributed by atoms with Gasteiger partial charge in [-0.05, 0) is 47.5 Å². The molecule has 0 aliphatic heterocycles. The van der Waals surface area contributed by atoms with Gasteiger partial charge in [0, 0.05) is 0 Å². The van der Waals surface area contributed by atoms with Crippen LogP contribution in [0.1, 0.15) is 0 Å². The molecule has 98 valence electrons. The smallest absolute Gasteiger partial charge is 0.127 e. The third kappa shape index (κ3) is 2.81. The second kappa shape index (κ2) is 5.49. The molecular formula is C18H14O2. The van der Waals surface area contributed by atoms with E-state index in [1.165, 1.54) is 0 Å². The second-order valence-electron chi connectivity index (χ2n) is 4.49. The molecule has 2 nitrogen and oxygen atoms in total. The molecule has 0 spiro atoms. The van der Waals surface area contributed by atoms with E-state index in [-0.39, 0.29) is 5.75 Å². The molecule has 3 aromatic rings. The number of rotatable bonds is 3. The maximum atomic E-state index is 9.50. The number of para-hydroxylation sites is 1. The molecule has 0 amide bonds. The number of benzene rings is 3. The molecule has 0 heterocycles. The Morgan fingerprint density at radius 2 is 1.30 bits per heavy atom. The number of phenols is 1. The largest absolute Gasteiger partial charge is 0.508 e. The monoisotopic (exact) mass is 262 g/mol. The van der Waals surface area contributed by atoms with Gasteiger partial charge in [-0.15, -0.1) is 0 Å². The number of hydrogen-bond acceptors (Lipinski definition) is 2. The van der Waals surface area contributed by atoms with E-state index >= 15 is 0 Å². The minimum Gasteiger partial charge on any atom is -0.508 e. The maximum absolute atomic E-state index is 9.50. The molecule has 0 bridgehead atoms. The van der Waals surface area contributed by atoms with Gasteiger partial charge in [-0.2, -0.15) is 0 Å². The van der Waals surface area contributed by atoms with Crippen molar-refractivity contribution >= 4 is 0 Å². The number of hydrogen-bond donors (Lipinski definition) is 1. The molecule has 2 heteroatoms. The summed E-state index contributed by atoms with van der Waals surface area (Å²) in [5, 5.41) is 9.50. The third-order valence-corrected chi connectivity index (χ3v) is 3.01. The minimum atomic E-state index is 0.270. The fraction of sp³-hybridized carbons (Fsp3) is 0. The lowest BCUT2D eigenvalue weighted by atomic mass is 10.1. The van der Waals surface area contributed by atoms with Gasteiger partial charge in [0.2, 0.25) is 0 Å². The second-order valence-corrected chi connectivity index (χ2v) is 4.49. The first-order chi connectivity index (χ1) is 9.81. The molecule has 0 fully saturated rings. The van der Waals surface area contributed by atoms with E-state index in [1.54, 1.807) is 12.1 Å². The molecule has 0 aliphatic carbocycles. The Balaban J connectivity index is 1.81. The predicted molar refractivity (Wildman–Crippen MR) is 80.1 cm³/mol. The summed E-state index contributed by atoms with van der Waals surface area (Å²) in [6.45, 7) is 0. The molecule has 0 radical (unpaired) electrons. The Bertz CT molecular complexity index is 688. The Hall–Kier alpha value is -2.74. The Morgan fingerprint density at radius 1 is 0.600 bits per heavy atom. The minimum absolute atomic E-state index is 0.270. The van der Waals surface area contributed by atoms with Crippen LogP contribution in [0.5, 0.6) is 17.2 Å². The fourth-order valence-electron chi connectivity index (χ4n) is 2.03. The van der Waals surface area contributed by atoms with Crippen LogP contribution in [0.2, 0.25) is 0 Å². The molecular weight excluding hydrogens is 248 g/mol. The van der Waals surface area contributed by atoms with Crippen LogP contribution in [0.3, 0.4) is 0 Å². The summed E-state index contributed by atoms with van der Waals surface area (Å²) in [4.78, 5) is 0. The molecule has 3 rings (SSSR count). The Morgan fingerprint density at radius 3 is 2.00 bits per heavy atom. The first kappa shape index (κ1) is 12.3. The van der Waals surface area contributed by atoms with Gasteiger partial charge >= 0.3 is 0 Å². The summed E-state index contributed by atoms with van der Waals surface area (Å²) in [6, 6.07) is 24.7. The van der Waals surface area contributed by atoms with E-state index in [1.807, 2.05) is 66.7 Å². The maximum Gasteiger partial charge on any atom is 0.127 e. The van der Waals surface area contributed by atoms with Gasteiger partial charge in [0.1, 0.15) is 17.2 Å². The summed E-state index contributed by atoms with van der Waals surface area (Å²) < 4.78 is 5.74. The molecule has 0 aromatic heterocycles. The number of aromatic hydroxyl groups is 1. The first-order valence-corrected chi connectivity index (χ1v) is 6.44. The van der Waals surface area contributed by atoms with Crippen LogP contribution >= 0.6 is 0 Å². The van der Waals surface area contributed by atoms with Crippen molar-refractivity contribution in [2.75, 3.05) is 0 Å². The van der Waals surface area contributed by atoms with E-state index in [0.717, 1.165) is 22.6 Å². The molecule has 0 unspecified atom stereocenters. The van der Waals surface area contributed by atoms with E-state index in [4.69, 9.17) is 4.74 Å². The number of ether oxygens (including phenoxy) is 1. The molecule has 0 aliphatic rings. The zero-order chi connectivity index (χ0) is 13.8. The van der Waals surface area contributed by atoms with E-state index in [9.17, 15) is 5.11 Å². The van der Waals surface area contributed by atoms with Crippen molar-refractivity contribution in [3.05, 3.63) is 78.9 Å². The Labute approximate surface area is 117 Å². The van der Waals surface area contributed by atoms with Crippen molar-refractivity contribution in [2.24, 2.45) is 0 Å². The van der Waals surface area contributed by atoms with E-state index in [0.29, 0.717) is 0 Å². The standard InChI is InChI=1S/C18H14O2/c19-16-6-4-5-15(13-16)14-9-11-18(12-10-14)20-17-7-2-1-3-8-17/h1-13,19H. The molecule has 0 saturated carbocycles. The van der Waals surface area contributed by atoms with Crippen LogP contribution in [0, 0.1) is 0 Å². The van der Waals surface area contributed by atoms with Gasteiger partial charge in [0.15, 0.2) is 0 Å². The number of phenolic OH excluding ortho intramolecular Hbond substituents is 1. The van der Waals surface area contributed by atoms with Gasteiger partial charge in [0.05, 0.1) is 0 Å². The first-order valence-electron chi connectivity index (χ1n) is 6.44. The van der Waals surface area contributed by atoms with Gasteiger partial charge in [-0.3, -0.25) is 0 Å². The highest BCUT2D eigenvalue weighted by Crippen LogP contribution is 2.27. The average Bonchev–Trinajstić information content (AvgIpc) is 2.49. The van der Waals surface area contributed by atoms with Gasteiger partial charge in [0.25, 0.3) is 0 Å². The van der Waals surface area contributed by atoms with Crippen LogP contribution in [-0.4, -0.2) is 5.11 Å². The lowest BCUT2D eigenvalue weighted by molar-refractivity contribution is 0.475. The van der Waals surface area contributed by atoms with Gasteiger partial charge in [-0.25, -0.2) is 0 Å². The molecule has 0 saturated heterocycles. The van der Waals surface area contributed by atoms with Crippen molar-refractivity contribution in [1.29, 1.82) is 0 Å². The van der Waals surface area contributed by atoms with Crippen molar-refractivity contribution in [2.45, 2.75) is 0 Å². The molecule has 20 heavy (non-hydrogen) atoms. The van der Waals surface area contributed by atoms with E-state index in [2.05, 4.69) is 0 Å². The highest BCUT2D eigenvalue weighted by Gasteiger charge is 2.00.